The largest absolute Gasteiger partial charge is 0.483 e. The van der Waals surface area contributed by atoms with E-state index in [0.717, 1.165) is 30.0 Å². The van der Waals surface area contributed by atoms with Crippen molar-refractivity contribution >= 4 is 17.8 Å². The molecule has 0 spiro atoms. The molecule has 4 heterocycles. The van der Waals surface area contributed by atoms with E-state index in [9.17, 15) is 0 Å². The molecule has 0 saturated carbocycles. The third-order valence-corrected chi connectivity index (χ3v) is 6.25. The Morgan fingerprint density at radius 2 is 2.08 bits per heavy atom. The number of aryl methyl sites for hydroxylation is 1. The summed E-state index contributed by atoms with van der Waals surface area (Å²) in [5.74, 6) is 1.88. The van der Waals surface area contributed by atoms with Crippen LogP contribution in [0.2, 0.25) is 0 Å². The van der Waals surface area contributed by atoms with Gasteiger partial charge in [-0.25, -0.2) is 9.97 Å². The molecule has 25 heavy (non-hydrogen) atoms. The smallest absolute Gasteiger partial charge is 0.290 e. The van der Waals surface area contributed by atoms with Crippen LogP contribution in [0.1, 0.15) is 37.8 Å². The highest BCUT2D eigenvalue weighted by molar-refractivity contribution is 7.13. The third kappa shape index (κ3) is 4.10. The zero-order valence-corrected chi connectivity index (χ0v) is 15.5. The van der Waals surface area contributed by atoms with Gasteiger partial charge in [-0.05, 0) is 51.6 Å². The molecule has 0 bridgehead atoms. The van der Waals surface area contributed by atoms with E-state index in [2.05, 4.69) is 32.6 Å². The molecule has 0 aliphatic carbocycles. The molecule has 136 valence electrons. The number of fused-ring (bicyclic) bond motifs is 1. The van der Waals surface area contributed by atoms with E-state index in [1.165, 1.54) is 50.1 Å². The maximum absolute atomic E-state index is 8.36. The molecule has 7 heteroatoms. The predicted octanol–water partition coefficient (Wildman–Crippen LogP) is 3.28. The van der Waals surface area contributed by atoms with Gasteiger partial charge in [0.1, 0.15) is 0 Å². The Labute approximate surface area is 152 Å². The van der Waals surface area contributed by atoms with Crippen molar-refractivity contribution in [3.05, 3.63) is 23.6 Å². The Morgan fingerprint density at radius 3 is 2.84 bits per heavy atom. The van der Waals surface area contributed by atoms with E-state index in [-0.39, 0.29) is 6.47 Å². The predicted molar refractivity (Wildman–Crippen MR) is 98.7 cm³/mol. The fourth-order valence-corrected chi connectivity index (χ4v) is 5.04. The number of carboxylic acid groups (broad SMARTS) is 1. The highest BCUT2D eigenvalue weighted by atomic mass is 32.1. The summed E-state index contributed by atoms with van der Waals surface area (Å²) in [6.45, 7) is 5.56. The van der Waals surface area contributed by atoms with Crippen LogP contribution in [0.4, 0.5) is 0 Å². The standard InChI is InChI=1S/C17H24N4S.CH2O2/c1-13-16(22-12-19-13)17-18-7-10-21(17)11-14-5-4-9-20-8-3-2-6-15(14)20;2-1-3/h7,10,12,14-15H,2-6,8-9,11H2,1H3;1H,(H,2,3)/t14-,15+;/m0./s1. The SMILES string of the molecule is Cc1ncsc1-c1nccn1C[C@@H]1CCCN2CCCC[C@H]12.O=CO. The normalized spacial score (nSPS) is 23.4. The minimum atomic E-state index is -0.250. The van der Waals surface area contributed by atoms with Crippen molar-refractivity contribution in [2.24, 2.45) is 5.92 Å². The van der Waals surface area contributed by atoms with Crippen LogP contribution in [0.5, 0.6) is 0 Å². The number of nitrogens with zero attached hydrogens (tertiary/aromatic N) is 4. The van der Waals surface area contributed by atoms with Crippen molar-refractivity contribution in [3.8, 4) is 10.7 Å². The van der Waals surface area contributed by atoms with Crippen LogP contribution in [0.15, 0.2) is 17.9 Å². The number of aromatic nitrogens is 3. The van der Waals surface area contributed by atoms with Gasteiger partial charge >= 0.3 is 0 Å². The first-order chi connectivity index (χ1) is 12.2. The Bertz CT molecular complexity index is 682. The summed E-state index contributed by atoms with van der Waals surface area (Å²) >= 11 is 1.70. The molecule has 0 amide bonds. The first-order valence-corrected chi connectivity index (χ1v) is 9.86. The second-order valence-corrected chi connectivity index (χ2v) is 7.63. The van der Waals surface area contributed by atoms with Crippen molar-refractivity contribution < 1.29 is 9.90 Å². The number of piperidine rings is 2. The van der Waals surface area contributed by atoms with Gasteiger partial charge < -0.3 is 14.6 Å². The van der Waals surface area contributed by atoms with Gasteiger partial charge in [-0.1, -0.05) is 6.42 Å². The lowest BCUT2D eigenvalue weighted by Gasteiger charge is -2.44. The molecule has 0 aromatic carbocycles. The zero-order valence-electron chi connectivity index (χ0n) is 14.7. The summed E-state index contributed by atoms with van der Waals surface area (Å²) in [5.41, 5.74) is 3.02. The number of hydrogen-bond acceptors (Lipinski definition) is 5. The molecule has 0 radical (unpaired) electrons. The highest BCUT2D eigenvalue weighted by Gasteiger charge is 2.33. The van der Waals surface area contributed by atoms with Gasteiger partial charge in [0.05, 0.1) is 16.1 Å². The Kier molecular flexibility index (Phi) is 6.20. The van der Waals surface area contributed by atoms with Gasteiger partial charge in [-0.3, -0.25) is 4.79 Å². The van der Waals surface area contributed by atoms with Gasteiger partial charge in [0.2, 0.25) is 0 Å². The van der Waals surface area contributed by atoms with E-state index in [1.54, 1.807) is 11.3 Å². The minimum Gasteiger partial charge on any atom is -0.483 e. The second kappa shape index (κ2) is 8.58. The van der Waals surface area contributed by atoms with E-state index in [4.69, 9.17) is 9.90 Å². The number of thiazole rings is 1. The van der Waals surface area contributed by atoms with Crippen molar-refractivity contribution in [3.63, 3.8) is 0 Å². The molecule has 2 aliphatic heterocycles. The Morgan fingerprint density at radius 1 is 1.28 bits per heavy atom. The molecule has 2 aliphatic rings. The van der Waals surface area contributed by atoms with Crippen molar-refractivity contribution in [2.45, 2.75) is 51.6 Å². The molecule has 0 unspecified atom stereocenters. The molecule has 2 aromatic heterocycles. The van der Waals surface area contributed by atoms with Crippen LogP contribution < -0.4 is 0 Å². The summed E-state index contributed by atoms with van der Waals surface area (Å²) in [4.78, 5) is 21.3. The lowest BCUT2D eigenvalue weighted by molar-refractivity contribution is -0.122. The quantitative estimate of drug-likeness (QED) is 0.849. The summed E-state index contributed by atoms with van der Waals surface area (Å²) < 4.78 is 2.36. The minimum absolute atomic E-state index is 0.250. The lowest BCUT2D eigenvalue weighted by Crippen LogP contribution is -2.49. The molecule has 4 rings (SSSR count). The topological polar surface area (TPSA) is 71.2 Å². The first-order valence-electron chi connectivity index (χ1n) is 8.98. The molecular formula is C18H26N4O2S. The molecule has 2 atom stereocenters. The average Bonchev–Trinajstić information content (AvgIpc) is 3.24. The Balaban J connectivity index is 0.000000569. The van der Waals surface area contributed by atoms with Gasteiger partial charge in [0.15, 0.2) is 5.82 Å². The van der Waals surface area contributed by atoms with Gasteiger partial charge in [0, 0.05) is 25.0 Å². The number of carbonyl (C=O) groups is 1. The van der Waals surface area contributed by atoms with Crippen LogP contribution in [-0.4, -0.2) is 50.1 Å². The van der Waals surface area contributed by atoms with E-state index < -0.39 is 0 Å². The van der Waals surface area contributed by atoms with Gasteiger partial charge in [-0.15, -0.1) is 11.3 Å². The van der Waals surface area contributed by atoms with E-state index in [0.29, 0.717) is 0 Å². The fraction of sp³-hybridized carbons (Fsp3) is 0.611. The van der Waals surface area contributed by atoms with Crippen molar-refractivity contribution in [2.75, 3.05) is 13.1 Å². The number of rotatable bonds is 3. The fourth-order valence-electron chi connectivity index (χ4n) is 4.22. The maximum atomic E-state index is 8.36. The second-order valence-electron chi connectivity index (χ2n) is 6.78. The van der Waals surface area contributed by atoms with E-state index in [1.807, 2.05) is 11.7 Å². The molecule has 2 saturated heterocycles. The monoisotopic (exact) mass is 362 g/mol. The molecule has 1 N–H and O–H groups in total. The van der Waals surface area contributed by atoms with Crippen molar-refractivity contribution in [1.82, 2.24) is 19.4 Å². The van der Waals surface area contributed by atoms with Crippen LogP contribution in [0.3, 0.4) is 0 Å². The summed E-state index contributed by atoms with van der Waals surface area (Å²) in [6.07, 6.45) is 11.0. The third-order valence-electron chi connectivity index (χ3n) is 5.32. The summed E-state index contributed by atoms with van der Waals surface area (Å²) in [6, 6.07) is 0.792. The molecule has 2 aromatic rings. The zero-order chi connectivity index (χ0) is 17.6. The average molecular weight is 362 g/mol. The van der Waals surface area contributed by atoms with Gasteiger partial charge in [0.25, 0.3) is 6.47 Å². The number of imidazole rings is 1. The molecular weight excluding hydrogens is 336 g/mol. The van der Waals surface area contributed by atoms with Crippen LogP contribution in [0.25, 0.3) is 10.7 Å². The summed E-state index contributed by atoms with van der Waals surface area (Å²) in [7, 11) is 0. The summed E-state index contributed by atoms with van der Waals surface area (Å²) in [5, 5.41) is 6.89. The van der Waals surface area contributed by atoms with Crippen LogP contribution in [0, 0.1) is 12.8 Å². The highest BCUT2D eigenvalue weighted by Crippen LogP contribution is 2.33. The Hall–Kier alpha value is -1.73. The van der Waals surface area contributed by atoms with Gasteiger partial charge in [-0.2, -0.15) is 0 Å². The lowest BCUT2D eigenvalue weighted by atomic mass is 9.83. The number of hydrogen-bond donors (Lipinski definition) is 1. The van der Waals surface area contributed by atoms with Crippen LogP contribution >= 0.6 is 11.3 Å². The van der Waals surface area contributed by atoms with E-state index >= 15 is 0 Å². The molecule has 6 nitrogen and oxygen atoms in total. The maximum Gasteiger partial charge on any atom is 0.290 e. The molecule has 2 fully saturated rings. The first kappa shape index (κ1) is 18.1. The van der Waals surface area contributed by atoms with Crippen LogP contribution in [-0.2, 0) is 11.3 Å². The van der Waals surface area contributed by atoms with Crippen molar-refractivity contribution in [1.29, 1.82) is 0 Å².